The van der Waals surface area contributed by atoms with Crippen molar-refractivity contribution in [2.45, 2.75) is 37.4 Å². The Labute approximate surface area is 112 Å². The van der Waals surface area contributed by atoms with Gasteiger partial charge in [-0.25, -0.2) is 8.42 Å². The Hall–Kier alpha value is -0.820. The second-order valence-electron chi connectivity index (χ2n) is 5.47. The van der Waals surface area contributed by atoms with Gasteiger partial charge in [0.05, 0.1) is 4.75 Å². The van der Waals surface area contributed by atoms with Crippen molar-refractivity contribution in [3.05, 3.63) is 5.56 Å². The Morgan fingerprint density at radius 1 is 1.50 bits per heavy atom. The van der Waals surface area contributed by atoms with Crippen molar-refractivity contribution in [1.82, 2.24) is 4.37 Å². The average Bonchev–Trinajstić information content (AvgIpc) is 2.99. The molecule has 1 aliphatic carbocycles. The van der Waals surface area contributed by atoms with Crippen LogP contribution in [0.3, 0.4) is 0 Å². The van der Waals surface area contributed by atoms with Crippen LogP contribution in [0.1, 0.15) is 38.2 Å². The van der Waals surface area contributed by atoms with Crippen molar-refractivity contribution in [2.24, 2.45) is 0 Å². The van der Waals surface area contributed by atoms with Crippen molar-refractivity contribution in [1.29, 1.82) is 0 Å². The zero-order valence-corrected chi connectivity index (χ0v) is 12.5. The summed E-state index contributed by atoms with van der Waals surface area (Å²) in [5.74, 6) is 1.09. The van der Waals surface area contributed by atoms with Crippen LogP contribution in [0.5, 0.6) is 0 Å². The fourth-order valence-corrected chi connectivity index (χ4v) is 2.76. The van der Waals surface area contributed by atoms with E-state index in [0.717, 1.165) is 23.4 Å². The first kappa shape index (κ1) is 13.6. The highest BCUT2D eigenvalue weighted by Gasteiger charge is 2.33. The molecule has 2 rings (SSSR count). The van der Waals surface area contributed by atoms with E-state index in [1.807, 2.05) is 0 Å². The number of nitrogens with zero attached hydrogens (tertiary/aromatic N) is 1. The maximum absolute atomic E-state index is 11.6. The summed E-state index contributed by atoms with van der Waals surface area (Å²) in [4.78, 5) is 0. The van der Waals surface area contributed by atoms with Crippen LogP contribution in [-0.4, -0.2) is 30.3 Å². The molecule has 0 spiro atoms. The minimum Gasteiger partial charge on any atom is -0.383 e. The third-order valence-corrected chi connectivity index (χ3v) is 6.41. The summed E-state index contributed by atoms with van der Waals surface area (Å²) in [6.45, 7) is 3.81. The topological polar surface area (TPSA) is 85.1 Å². The molecule has 0 atom stereocenters. The highest BCUT2D eigenvalue weighted by Crippen LogP contribution is 2.47. The van der Waals surface area contributed by atoms with Crippen molar-refractivity contribution in [2.75, 3.05) is 23.9 Å². The molecule has 0 aliphatic heterocycles. The highest BCUT2D eigenvalue weighted by molar-refractivity contribution is 7.92. The Morgan fingerprint density at radius 3 is 2.61 bits per heavy atom. The van der Waals surface area contributed by atoms with Gasteiger partial charge in [-0.3, -0.25) is 0 Å². The Kier molecular flexibility index (Phi) is 3.31. The predicted molar refractivity (Wildman–Crippen MR) is 75.9 cm³/mol. The molecule has 102 valence electrons. The van der Waals surface area contributed by atoms with Gasteiger partial charge in [-0.2, -0.15) is 4.37 Å². The molecule has 1 aliphatic rings. The van der Waals surface area contributed by atoms with Gasteiger partial charge in [-0.05, 0) is 44.1 Å². The van der Waals surface area contributed by atoms with Crippen molar-refractivity contribution in [3.8, 4) is 0 Å². The molecular formula is C11H19N3O2S2. The van der Waals surface area contributed by atoms with Crippen LogP contribution in [0, 0.1) is 0 Å². The van der Waals surface area contributed by atoms with Crippen molar-refractivity contribution in [3.63, 3.8) is 0 Å². The van der Waals surface area contributed by atoms with Crippen LogP contribution >= 0.6 is 11.5 Å². The highest BCUT2D eigenvalue weighted by atomic mass is 32.2. The second-order valence-corrected chi connectivity index (χ2v) is 8.89. The molecule has 3 N–H and O–H groups in total. The number of rotatable bonds is 5. The molecule has 1 aromatic rings. The predicted octanol–water partition coefficient (Wildman–Crippen LogP) is 1.84. The smallest absolute Gasteiger partial charge is 0.154 e. The van der Waals surface area contributed by atoms with E-state index in [0.29, 0.717) is 18.3 Å². The van der Waals surface area contributed by atoms with E-state index >= 15 is 0 Å². The molecule has 0 unspecified atom stereocenters. The minimum atomic E-state index is -3.09. The number of aromatic nitrogens is 1. The molecular weight excluding hydrogens is 270 g/mol. The molecule has 18 heavy (non-hydrogen) atoms. The van der Waals surface area contributed by atoms with E-state index < -0.39 is 14.6 Å². The Morgan fingerprint density at radius 2 is 2.11 bits per heavy atom. The average molecular weight is 289 g/mol. The van der Waals surface area contributed by atoms with Gasteiger partial charge in [-0.1, -0.05) is 0 Å². The first-order valence-corrected chi connectivity index (χ1v) is 8.57. The lowest BCUT2D eigenvalue weighted by molar-refractivity contribution is 0.560. The summed E-state index contributed by atoms with van der Waals surface area (Å²) < 4.78 is 26.6. The third kappa shape index (κ3) is 2.61. The normalized spacial score (nSPS) is 16.8. The number of anilines is 2. The molecule has 0 aromatic carbocycles. The number of nitrogens with one attached hydrogen (secondary N) is 1. The largest absolute Gasteiger partial charge is 0.383 e. The number of nitrogen functional groups attached to an aromatic ring is 1. The van der Waals surface area contributed by atoms with Crippen LogP contribution in [-0.2, 0) is 9.84 Å². The third-order valence-electron chi connectivity index (χ3n) is 3.42. The van der Waals surface area contributed by atoms with Crippen LogP contribution in [0.4, 0.5) is 10.8 Å². The summed E-state index contributed by atoms with van der Waals surface area (Å²) in [6.07, 6.45) is 3.55. The van der Waals surface area contributed by atoms with Crippen LogP contribution < -0.4 is 11.1 Å². The monoisotopic (exact) mass is 289 g/mol. The van der Waals surface area contributed by atoms with Gasteiger partial charge in [0, 0.05) is 18.4 Å². The van der Waals surface area contributed by atoms with Crippen molar-refractivity contribution < 1.29 is 8.42 Å². The lowest BCUT2D eigenvalue weighted by atomic mass is 10.2. The van der Waals surface area contributed by atoms with Crippen LogP contribution in [0.25, 0.3) is 0 Å². The summed E-state index contributed by atoms with van der Waals surface area (Å²) in [6, 6.07) is 0. The molecule has 0 amide bonds. The maximum atomic E-state index is 11.6. The Bertz CT molecular complexity index is 545. The number of sulfone groups is 1. The van der Waals surface area contributed by atoms with Crippen LogP contribution in [0.15, 0.2) is 0 Å². The van der Waals surface area contributed by atoms with Gasteiger partial charge < -0.3 is 11.1 Å². The lowest BCUT2D eigenvalue weighted by Crippen LogP contribution is -2.38. The summed E-state index contributed by atoms with van der Waals surface area (Å²) in [5, 5.41) is 4.12. The van der Waals surface area contributed by atoms with E-state index in [-0.39, 0.29) is 0 Å². The zero-order chi connectivity index (χ0) is 13.6. The van der Waals surface area contributed by atoms with Gasteiger partial charge in [0.2, 0.25) is 0 Å². The molecule has 1 heterocycles. The van der Waals surface area contributed by atoms with Gasteiger partial charge in [0.25, 0.3) is 0 Å². The fraction of sp³-hybridized carbons (Fsp3) is 0.727. The maximum Gasteiger partial charge on any atom is 0.154 e. The van der Waals surface area contributed by atoms with E-state index in [2.05, 4.69) is 9.69 Å². The molecule has 7 heteroatoms. The Balaban J connectivity index is 2.12. The number of nitrogens with two attached hydrogens (primary N) is 1. The number of hydrogen-bond donors (Lipinski definition) is 2. The minimum absolute atomic E-state index is 0.368. The van der Waals surface area contributed by atoms with Gasteiger partial charge in [0.15, 0.2) is 9.84 Å². The van der Waals surface area contributed by atoms with E-state index in [1.165, 1.54) is 17.8 Å². The van der Waals surface area contributed by atoms with Gasteiger partial charge in [0.1, 0.15) is 10.8 Å². The molecule has 0 bridgehead atoms. The molecule has 0 radical (unpaired) electrons. The van der Waals surface area contributed by atoms with Gasteiger partial charge >= 0.3 is 0 Å². The first-order chi connectivity index (χ1) is 8.22. The fourth-order valence-electron chi connectivity index (χ4n) is 1.63. The first-order valence-electron chi connectivity index (χ1n) is 5.91. The summed E-state index contributed by atoms with van der Waals surface area (Å²) in [7, 11) is -3.09. The van der Waals surface area contributed by atoms with E-state index in [1.54, 1.807) is 13.8 Å². The lowest BCUT2D eigenvalue weighted by Gasteiger charge is -2.23. The molecule has 5 nitrogen and oxygen atoms in total. The molecule has 1 aromatic heterocycles. The van der Waals surface area contributed by atoms with E-state index in [4.69, 9.17) is 5.73 Å². The van der Waals surface area contributed by atoms with Crippen molar-refractivity contribution >= 4 is 32.2 Å². The summed E-state index contributed by atoms with van der Waals surface area (Å²) in [5.41, 5.74) is 6.92. The molecule has 1 saturated carbocycles. The molecule has 0 saturated heterocycles. The van der Waals surface area contributed by atoms with Crippen LogP contribution in [0.2, 0.25) is 0 Å². The molecule has 1 fully saturated rings. The summed E-state index contributed by atoms with van der Waals surface area (Å²) >= 11 is 1.31. The second kappa shape index (κ2) is 4.38. The SMILES string of the molecule is CC(C)(CNc1snc(N)c1C1CC1)S(C)(=O)=O. The zero-order valence-electron chi connectivity index (χ0n) is 10.9. The van der Waals surface area contributed by atoms with E-state index in [9.17, 15) is 8.42 Å². The quantitative estimate of drug-likeness (QED) is 0.864. The standard InChI is InChI=1S/C11H19N3O2S2/c1-11(2,18(3,15)16)6-13-10-8(7-4-5-7)9(12)14-17-10/h7,13H,4-6H2,1-3H3,(H2,12,14). The number of hydrogen-bond acceptors (Lipinski definition) is 6. The van der Waals surface area contributed by atoms with Gasteiger partial charge in [-0.15, -0.1) is 0 Å².